The SMILES string of the molecule is O=C(COc1ccc(Cl)cc1)N(CCCl)CC(F)(F)F. The summed E-state index contributed by atoms with van der Waals surface area (Å²) in [5, 5.41) is 0.490. The molecule has 0 aliphatic carbocycles. The Balaban J connectivity index is 2.55. The number of alkyl halides is 4. The maximum atomic E-state index is 12.3. The van der Waals surface area contributed by atoms with Gasteiger partial charge in [0.15, 0.2) is 6.61 Å². The van der Waals surface area contributed by atoms with Gasteiger partial charge in [-0.05, 0) is 24.3 Å². The third-order valence-corrected chi connectivity index (χ3v) is 2.67. The second-order valence-corrected chi connectivity index (χ2v) is 4.68. The molecule has 0 spiro atoms. The van der Waals surface area contributed by atoms with Crippen molar-refractivity contribution in [3.63, 3.8) is 0 Å². The van der Waals surface area contributed by atoms with Crippen LogP contribution in [0.2, 0.25) is 5.02 Å². The third kappa shape index (κ3) is 6.34. The van der Waals surface area contributed by atoms with Gasteiger partial charge in [0, 0.05) is 17.4 Å². The Kier molecular flexibility index (Phi) is 6.42. The second kappa shape index (κ2) is 7.59. The molecule has 0 atom stereocenters. The number of ether oxygens (including phenoxy) is 1. The van der Waals surface area contributed by atoms with Gasteiger partial charge in [-0.15, -0.1) is 11.6 Å². The van der Waals surface area contributed by atoms with Gasteiger partial charge in [-0.2, -0.15) is 13.2 Å². The third-order valence-electron chi connectivity index (χ3n) is 2.25. The van der Waals surface area contributed by atoms with E-state index in [9.17, 15) is 18.0 Å². The lowest BCUT2D eigenvalue weighted by Crippen LogP contribution is -2.42. The molecule has 3 nitrogen and oxygen atoms in total. The van der Waals surface area contributed by atoms with Crippen molar-refractivity contribution >= 4 is 29.1 Å². The summed E-state index contributed by atoms with van der Waals surface area (Å²) in [6, 6.07) is 6.14. The molecule has 1 rings (SSSR count). The van der Waals surface area contributed by atoms with E-state index in [4.69, 9.17) is 27.9 Å². The van der Waals surface area contributed by atoms with E-state index in [1.54, 1.807) is 12.1 Å². The van der Waals surface area contributed by atoms with E-state index >= 15 is 0 Å². The van der Waals surface area contributed by atoms with Crippen LogP contribution in [0.1, 0.15) is 0 Å². The standard InChI is InChI=1S/C12H12Cl2F3NO2/c13-5-6-18(8-12(15,16)17)11(19)7-20-10-3-1-9(14)2-4-10/h1-4H,5-8H2. The molecule has 0 aliphatic rings. The fourth-order valence-electron chi connectivity index (χ4n) is 1.38. The molecular formula is C12H12Cl2F3NO2. The summed E-state index contributed by atoms with van der Waals surface area (Å²) in [5.74, 6) is -0.513. The summed E-state index contributed by atoms with van der Waals surface area (Å²) < 4.78 is 42.0. The Morgan fingerprint density at radius 1 is 1.25 bits per heavy atom. The summed E-state index contributed by atoms with van der Waals surface area (Å²) in [5.41, 5.74) is 0. The summed E-state index contributed by atoms with van der Waals surface area (Å²) in [6.45, 7) is -2.03. The van der Waals surface area contributed by atoms with E-state index in [2.05, 4.69) is 0 Å². The number of rotatable bonds is 6. The van der Waals surface area contributed by atoms with Crippen LogP contribution < -0.4 is 4.74 Å². The molecule has 0 aliphatic heterocycles. The van der Waals surface area contributed by atoms with E-state index < -0.39 is 25.2 Å². The van der Waals surface area contributed by atoms with Gasteiger partial charge in [0.25, 0.3) is 5.91 Å². The fourth-order valence-corrected chi connectivity index (χ4v) is 1.71. The first-order valence-corrected chi connectivity index (χ1v) is 6.52. The minimum Gasteiger partial charge on any atom is -0.484 e. The number of hydrogen-bond donors (Lipinski definition) is 0. The van der Waals surface area contributed by atoms with Crippen molar-refractivity contribution in [3.8, 4) is 5.75 Å². The molecule has 0 fully saturated rings. The highest BCUT2D eigenvalue weighted by Crippen LogP contribution is 2.18. The Hall–Kier alpha value is -1.14. The van der Waals surface area contributed by atoms with Crippen LogP contribution >= 0.6 is 23.2 Å². The van der Waals surface area contributed by atoms with Gasteiger partial charge in [0.2, 0.25) is 0 Å². The van der Waals surface area contributed by atoms with Crippen LogP contribution in [0.25, 0.3) is 0 Å². The lowest BCUT2D eigenvalue weighted by Gasteiger charge is -2.23. The molecule has 0 bridgehead atoms. The van der Waals surface area contributed by atoms with Gasteiger partial charge in [0.05, 0.1) is 0 Å². The minimum atomic E-state index is -4.47. The van der Waals surface area contributed by atoms with Crippen molar-refractivity contribution in [1.29, 1.82) is 0 Å². The highest BCUT2D eigenvalue weighted by atomic mass is 35.5. The topological polar surface area (TPSA) is 29.5 Å². The van der Waals surface area contributed by atoms with Crippen molar-refractivity contribution in [1.82, 2.24) is 4.90 Å². The smallest absolute Gasteiger partial charge is 0.406 e. The van der Waals surface area contributed by atoms with E-state index in [0.29, 0.717) is 15.7 Å². The molecule has 0 saturated carbocycles. The monoisotopic (exact) mass is 329 g/mol. The van der Waals surface area contributed by atoms with E-state index in [0.717, 1.165) is 0 Å². The highest BCUT2D eigenvalue weighted by molar-refractivity contribution is 6.30. The first-order valence-electron chi connectivity index (χ1n) is 5.60. The highest BCUT2D eigenvalue weighted by Gasteiger charge is 2.32. The normalized spacial score (nSPS) is 11.2. The van der Waals surface area contributed by atoms with Crippen molar-refractivity contribution in [2.45, 2.75) is 6.18 Å². The van der Waals surface area contributed by atoms with Gasteiger partial charge >= 0.3 is 6.18 Å². The quantitative estimate of drug-likeness (QED) is 0.749. The molecule has 0 aromatic heterocycles. The zero-order valence-electron chi connectivity index (χ0n) is 10.3. The van der Waals surface area contributed by atoms with Crippen LogP contribution in [-0.4, -0.2) is 42.6 Å². The Morgan fingerprint density at radius 3 is 2.35 bits per heavy atom. The number of amides is 1. The van der Waals surface area contributed by atoms with Crippen LogP contribution in [0.4, 0.5) is 13.2 Å². The molecule has 0 radical (unpaired) electrons. The van der Waals surface area contributed by atoms with Crippen LogP contribution in [0.5, 0.6) is 5.75 Å². The number of carbonyl (C=O) groups excluding carboxylic acids is 1. The molecule has 0 N–H and O–H groups in total. The average molecular weight is 330 g/mol. The Labute approximate surface area is 124 Å². The van der Waals surface area contributed by atoms with E-state index in [1.807, 2.05) is 0 Å². The molecule has 1 aromatic carbocycles. The number of nitrogens with zero attached hydrogens (tertiary/aromatic N) is 1. The number of benzene rings is 1. The molecule has 112 valence electrons. The second-order valence-electron chi connectivity index (χ2n) is 3.86. The fraction of sp³-hybridized carbons (Fsp3) is 0.417. The summed E-state index contributed by atoms with van der Waals surface area (Å²) in [4.78, 5) is 12.3. The van der Waals surface area contributed by atoms with Gasteiger partial charge < -0.3 is 9.64 Å². The van der Waals surface area contributed by atoms with E-state index in [1.165, 1.54) is 12.1 Å². The lowest BCUT2D eigenvalue weighted by molar-refractivity contribution is -0.161. The van der Waals surface area contributed by atoms with Crippen molar-refractivity contribution < 1.29 is 22.7 Å². The minimum absolute atomic E-state index is 0.0806. The van der Waals surface area contributed by atoms with Gasteiger partial charge in [-0.1, -0.05) is 11.6 Å². The van der Waals surface area contributed by atoms with Crippen LogP contribution in [0.15, 0.2) is 24.3 Å². The van der Waals surface area contributed by atoms with Crippen molar-refractivity contribution in [2.24, 2.45) is 0 Å². The predicted octanol–water partition coefficient (Wildman–Crippen LogP) is 3.35. The number of hydrogen-bond acceptors (Lipinski definition) is 2. The van der Waals surface area contributed by atoms with Crippen molar-refractivity contribution in [3.05, 3.63) is 29.3 Å². The number of carbonyl (C=O) groups is 1. The van der Waals surface area contributed by atoms with Gasteiger partial charge in [0.1, 0.15) is 12.3 Å². The maximum Gasteiger partial charge on any atom is 0.406 e. The molecule has 20 heavy (non-hydrogen) atoms. The van der Waals surface area contributed by atoms with Crippen LogP contribution in [0.3, 0.4) is 0 Å². The molecule has 8 heteroatoms. The average Bonchev–Trinajstić information content (AvgIpc) is 2.35. The molecule has 0 unspecified atom stereocenters. The lowest BCUT2D eigenvalue weighted by atomic mass is 10.3. The van der Waals surface area contributed by atoms with Crippen LogP contribution in [-0.2, 0) is 4.79 Å². The first kappa shape index (κ1) is 16.9. The Bertz CT molecular complexity index is 437. The van der Waals surface area contributed by atoms with Crippen molar-refractivity contribution in [2.75, 3.05) is 25.6 Å². The summed E-state index contributed by atoms with van der Waals surface area (Å²) >= 11 is 11.1. The maximum absolute atomic E-state index is 12.3. The largest absolute Gasteiger partial charge is 0.484 e. The summed E-state index contributed by atoms with van der Waals surface area (Å²) in [6.07, 6.45) is -4.47. The van der Waals surface area contributed by atoms with Crippen LogP contribution in [0, 0.1) is 0 Å². The van der Waals surface area contributed by atoms with Gasteiger partial charge in [-0.3, -0.25) is 4.79 Å². The first-order chi connectivity index (χ1) is 9.31. The molecule has 0 saturated heterocycles. The molecule has 1 aromatic rings. The van der Waals surface area contributed by atoms with Gasteiger partial charge in [-0.25, -0.2) is 0 Å². The molecular weight excluding hydrogens is 318 g/mol. The predicted molar refractivity (Wildman–Crippen MR) is 70.3 cm³/mol. The zero-order chi connectivity index (χ0) is 15.2. The Morgan fingerprint density at radius 2 is 1.85 bits per heavy atom. The number of halogens is 5. The summed E-state index contributed by atoms with van der Waals surface area (Å²) in [7, 11) is 0. The molecule has 0 heterocycles. The molecule has 1 amide bonds. The zero-order valence-corrected chi connectivity index (χ0v) is 11.8. The van der Waals surface area contributed by atoms with E-state index in [-0.39, 0.29) is 12.4 Å².